The summed E-state index contributed by atoms with van der Waals surface area (Å²) in [6.07, 6.45) is 0.390. The molecule has 0 radical (unpaired) electrons. The van der Waals surface area contributed by atoms with Crippen LogP contribution in [0.3, 0.4) is 0 Å². The molecule has 2 aromatic rings. The third kappa shape index (κ3) is 3.65. The molecule has 0 saturated heterocycles. The molecule has 23 heavy (non-hydrogen) atoms. The van der Waals surface area contributed by atoms with Gasteiger partial charge in [0.05, 0.1) is 0 Å². The molecule has 0 bridgehead atoms. The van der Waals surface area contributed by atoms with E-state index < -0.39 is 29.7 Å². The van der Waals surface area contributed by atoms with Crippen molar-refractivity contribution in [3.05, 3.63) is 36.0 Å². The van der Waals surface area contributed by atoms with Gasteiger partial charge in [-0.1, -0.05) is 23.4 Å². The van der Waals surface area contributed by atoms with E-state index >= 15 is 0 Å². The summed E-state index contributed by atoms with van der Waals surface area (Å²) in [5.74, 6) is -3.19. The van der Waals surface area contributed by atoms with Gasteiger partial charge in [0.1, 0.15) is 0 Å². The Hall–Kier alpha value is -2.91. The molecule has 0 fully saturated rings. The fraction of sp³-hybridized carbons (Fsp3) is 0.214. The Kier molecular flexibility index (Phi) is 5.44. The van der Waals surface area contributed by atoms with Crippen molar-refractivity contribution in [3.63, 3.8) is 0 Å². The Morgan fingerprint density at radius 1 is 1.22 bits per heavy atom. The molecule has 1 aromatic heterocycles. The van der Waals surface area contributed by atoms with Crippen LogP contribution in [0.1, 0.15) is 12.0 Å². The van der Waals surface area contributed by atoms with Gasteiger partial charge in [-0.2, -0.15) is 0 Å². The van der Waals surface area contributed by atoms with Crippen molar-refractivity contribution in [2.45, 2.75) is 18.4 Å². The number of oxime groups is 1. The lowest BCUT2D eigenvalue weighted by molar-refractivity contribution is -0.157. The Balaban J connectivity index is 0.00000264. The smallest absolute Gasteiger partial charge is 0.353 e. The van der Waals surface area contributed by atoms with E-state index in [1.54, 1.807) is 30.5 Å². The van der Waals surface area contributed by atoms with Crippen LogP contribution in [0.2, 0.25) is 0 Å². The number of fused-ring (bicyclic) bond motifs is 1. The van der Waals surface area contributed by atoms with Gasteiger partial charge in [-0.15, -0.1) is 0 Å². The van der Waals surface area contributed by atoms with Crippen LogP contribution in [0.5, 0.6) is 0 Å². The monoisotopic (exact) mass is 323 g/mol. The number of rotatable bonds is 6. The average molecular weight is 323 g/mol. The summed E-state index contributed by atoms with van der Waals surface area (Å²) in [5.41, 5.74) is -1.95. The Labute approximate surface area is 130 Å². The van der Waals surface area contributed by atoms with Gasteiger partial charge in [0, 0.05) is 29.9 Å². The van der Waals surface area contributed by atoms with Crippen LogP contribution in [0, 0.1) is 0 Å². The van der Waals surface area contributed by atoms with E-state index in [-0.39, 0.29) is 12.6 Å². The van der Waals surface area contributed by atoms with E-state index in [0.29, 0.717) is 5.56 Å². The zero-order valence-electron chi connectivity index (χ0n) is 12.1. The minimum atomic E-state index is -2.40. The van der Waals surface area contributed by atoms with Crippen molar-refractivity contribution in [2.24, 2.45) is 5.16 Å². The first-order chi connectivity index (χ1) is 10.4. The largest absolute Gasteiger partial charge is 0.479 e. The molecule has 0 aliphatic heterocycles. The average Bonchev–Trinajstić information content (AvgIpc) is 2.87. The number of hydrogen-bond donors (Lipinski definition) is 6. The number of aliphatic carboxylic acids is 2. The highest BCUT2D eigenvalue weighted by Crippen LogP contribution is 2.25. The van der Waals surface area contributed by atoms with E-state index in [1.165, 1.54) is 0 Å². The number of aliphatic hydroxyl groups is 1. The standard InChI is InChI=1S/C14H14N2O6.H3N/c17-12(18)11(16-22)6-14(21,13(19)20)5-8-7-15-10-4-2-1-3-9(8)10;/h1-4,7,15,21-22H,5-6H2,(H,17,18)(H,19,20);1H3/b16-11+;/t14-;/m1./s1. The maximum Gasteiger partial charge on any atom is 0.353 e. The molecule has 1 atom stereocenters. The van der Waals surface area contributed by atoms with Crippen LogP contribution in [-0.4, -0.2) is 48.8 Å². The number of nitrogens with one attached hydrogen (secondary N) is 1. The highest BCUT2D eigenvalue weighted by molar-refractivity contribution is 6.36. The Morgan fingerprint density at radius 3 is 2.43 bits per heavy atom. The summed E-state index contributed by atoms with van der Waals surface area (Å²) in [4.78, 5) is 25.2. The molecule has 0 spiro atoms. The van der Waals surface area contributed by atoms with Crippen LogP contribution in [0.4, 0.5) is 0 Å². The lowest BCUT2D eigenvalue weighted by Gasteiger charge is -2.22. The number of aromatic amines is 1. The molecule has 0 amide bonds. The summed E-state index contributed by atoms with van der Waals surface area (Å²) in [5, 5.41) is 40.2. The first kappa shape index (κ1) is 18.1. The quantitative estimate of drug-likeness (QED) is 0.260. The SMILES string of the molecule is N.O=C(O)/C(C[C@](O)(Cc1c[nH]c2ccccc12)C(=O)O)=N/O. The number of nitrogens with zero attached hydrogens (tertiary/aromatic N) is 1. The second-order valence-corrected chi connectivity index (χ2v) is 4.90. The maximum absolute atomic E-state index is 11.4. The molecule has 9 heteroatoms. The summed E-state index contributed by atoms with van der Waals surface area (Å²) in [6, 6.07) is 7.10. The molecule has 2 rings (SSSR count). The van der Waals surface area contributed by atoms with Crippen molar-refractivity contribution < 1.29 is 30.1 Å². The predicted octanol–water partition coefficient (Wildman–Crippen LogP) is 0.993. The van der Waals surface area contributed by atoms with Crippen molar-refractivity contribution in [1.29, 1.82) is 0 Å². The fourth-order valence-electron chi connectivity index (χ4n) is 2.24. The summed E-state index contributed by atoms with van der Waals surface area (Å²) >= 11 is 0. The number of carbonyl (C=O) groups is 2. The topological polar surface area (TPSA) is 178 Å². The Bertz CT molecular complexity index is 754. The van der Waals surface area contributed by atoms with E-state index in [2.05, 4.69) is 10.1 Å². The van der Waals surface area contributed by atoms with Crippen molar-refractivity contribution >= 4 is 28.6 Å². The zero-order valence-corrected chi connectivity index (χ0v) is 12.1. The van der Waals surface area contributed by atoms with Gasteiger partial charge in [-0.25, -0.2) is 9.59 Å². The number of H-pyrrole nitrogens is 1. The third-order valence-corrected chi connectivity index (χ3v) is 3.38. The Morgan fingerprint density at radius 2 is 1.87 bits per heavy atom. The molecule has 1 aromatic carbocycles. The molecule has 8 N–H and O–H groups in total. The van der Waals surface area contributed by atoms with Gasteiger partial charge >= 0.3 is 11.9 Å². The number of benzene rings is 1. The van der Waals surface area contributed by atoms with Gasteiger partial charge in [0.25, 0.3) is 0 Å². The van der Waals surface area contributed by atoms with Crippen LogP contribution in [0.15, 0.2) is 35.6 Å². The molecule has 124 valence electrons. The maximum atomic E-state index is 11.4. The van der Waals surface area contributed by atoms with E-state index in [4.69, 9.17) is 10.3 Å². The van der Waals surface area contributed by atoms with Gasteiger partial charge < -0.3 is 31.7 Å². The molecular weight excluding hydrogens is 306 g/mol. The fourth-order valence-corrected chi connectivity index (χ4v) is 2.24. The molecule has 1 heterocycles. The lowest BCUT2D eigenvalue weighted by Crippen LogP contribution is -2.44. The van der Waals surface area contributed by atoms with Gasteiger partial charge in [-0.3, -0.25) is 0 Å². The predicted molar refractivity (Wildman–Crippen MR) is 81.1 cm³/mol. The second kappa shape index (κ2) is 6.90. The van der Waals surface area contributed by atoms with E-state index in [1.807, 2.05) is 0 Å². The van der Waals surface area contributed by atoms with Crippen LogP contribution < -0.4 is 6.15 Å². The third-order valence-electron chi connectivity index (χ3n) is 3.38. The van der Waals surface area contributed by atoms with Crippen LogP contribution >= 0.6 is 0 Å². The molecule has 0 saturated carbocycles. The van der Waals surface area contributed by atoms with Gasteiger partial charge in [-0.05, 0) is 11.6 Å². The van der Waals surface area contributed by atoms with Crippen molar-refractivity contribution in [3.8, 4) is 0 Å². The number of carboxylic acid groups (broad SMARTS) is 2. The van der Waals surface area contributed by atoms with Crippen molar-refractivity contribution in [2.75, 3.05) is 0 Å². The summed E-state index contributed by atoms with van der Waals surface area (Å²) in [7, 11) is 0. The molecule has 0 unspecified atom stereocenters. The molecular formula is C14H17N3O6. The van der Waals surface area contributed by atoms with Crippen LogP contribution in [0.25, 0.3) is 10.9 Å². The number of carboxylic acids is 2. The highest BCUT2D eigenvalue weighted by Gasteiger charge is 2.40. The lowest BCUT2D eigenvalue weighted by atomic mass is 9.89. The minimum Gasteiger partial charge on any atom is -0.479 e. The van der Waals surface area contributed by atoms with Gasteiger partial charge in [0.2, 0.25) is 0 Å². The minimum absolute atomic E-state index is 0. The number of para-hydroxylation sites is 1. The molecule has 0 aliphatic carbocycles. The molecule has 0 aliphatic rings. The van der Waals surface area contributed by atoms with E-state index in [9.17, 15) is 19.8 Å². The highest BCUT2D eigenvalue weighted by atomic mass is 16.4. The first-order valence-electron chi connectivity index (χ1n) is 6.32. The zero-order chi connectivity index (χ0) is 16.3. The second-order valence-electron chi connectivity index (χ2n) is 4.90. The summed E-state index contributed by atoms with van der Waals surface area (Å²) in [6.45, 7) is 0. The summed E-state index contributed by atoms with van der Waals surface area (Å²) < 4.78 is 0. The number of aromatic nitrogens is 1. The first-order valence-corrected chi connectivity index (χ1v) is 6.32. The number of hydrogen-bond acceptors (Lipinski definition) is 6. The van der Waals surface area contributed by atoms with Crippen molar-refractivity contribution in [1.82, 2.24) is 11.1 Å². The van der Waals surface area contributed by atoms with E-state index in [0.717, 1.165) is 10.9 Å². The molecule has 9 nitrogen and oxygen atoms in total. The van der Waals surface area contributed by atoms with Gasteiger partial charge in [0.15, 0.2) is 11.3 Å². The van der Waals surface area contributed by atoms with Crippen LogP contribution in [-0.2, 0) is 16.0 Å². The normalized spacial score (nSPS) is 14.0.